The standard InChI is InChI=1S/C14H20ClN3O/c15-11-4-1-5-12(13(11)14(17)19)18-8-2-3-10(9-18)6-7-16/h1,4-5,10H,2-3,6-9,16H2,(H2,17,19). The van der Waals surface area contributed by atoms with E-state index in [9.17, 15) is 4.79 Å². The Kier molecular flexibility index (Phi) is 4.66. The van der Waals surface area contributed by atoms with Crippen molar-refractivity contribution in [3.63, 3.8) is 0 Å². The number of nitrogens with two attached hydrogens (primary N) is 2. The van der Waals surface area contributed by atoms with Gasteiger partial charge in [-0.05, 0) is 43.9 Å². The highest BCUT2D eigenvalue weighted by Gasteiger charge is 2.23. The van der Waals surface area contributed by atoms with Gasteiger partial charge in [0, 0.05) is 13.1 Å². The molecule has 1 heterocycles. The van der Waals surface area contributed by atoms with E-state index >= 15 is 0 Å². The molecular formula is C14H20ClN3O. The van der Waals surface area contributed by atoms with Gasteiger partial charge in [0.15, 0.2) is 0 Å². The number of amides is 1. The molecule has 5 heteroatoms. The van der Waals surface area contributed by atoms with Gasteiger partial charge in [-0.2, -0.15) is 0 Å². The number of anilines is 1. The van der Waals surface area contributed by atoms with Crippen LogP contribution in [0.1, 0.15) is 29.6 Å². The molecule has 0 aliphatic carbocycles. The van der Waals surface area contributed by atoms with Crippen LogP contribution in [0.25, 0.3) is 0 Å². The minimum absolute atomic E-state index is 0.422. The minimum atomic E-state index is -0.471. The number of piperidine rings is 1. The van der Waals surface area contributed by atoms with Crippen LogP contribution in [0.2, 0.25) is 5.02 Å². The second-order valence-electron chi connectivity index (χ2n) is 5.03. The van der Waals surface area contributed by atoms with Crippen LogP contribution >= 0.6 is 11.6 Å². The van der Waals surface area contributed by atoms with Gasteiger partial charge in [0.25, 0.3) is 5.91 Å². The summed E-state index contributed by atoms with van der Waals surface area (Å²) in [6.45, 7) is 2.55. The fraction of sp³-hybridized carbons (Fsp3) is 0.500. The van der Waals surface area contributed by atoms with E-state index < -0.39 is 5.91 Å². The van der Waals surface area contributed by atoms with Crippen LogP contribution in [0, 0.1) is 5.92 Å². The van der Waals surface area contributed by atoms with Crippen molar-refractivity contribution in [3.05, 3.63) is 28.8 Å². The highest BCUT2D eigenvalue weighted by molar-refractivity contribution is 6.34. The van der Waals surface area contributed by atoms with E-state index in [0.717, 1.165) is 31.6 Å². The van der Waals surface area contributed by atoms with Crippen molar-refractivity contribution in [2.45, 2.75) is 19.3 Å². The lowest BCUT2D eigenvalue weighted by Gasteiger charge is -2.35. The van der Waals surface area contributed by atoms with Crippen LogP contribution in [0.4, 0.5) is 5.69 Å². The van der Waals surface area contributed by atoms with Crippen LogP contribution in [0.3, 0.4) is 0 Å². The zero-order valence-electron chi connectivity index (χ0n) is 10.9. The van der Waals surface area contributed by atoms with Crippen molar-refractivity contribution in [2.75, 3.05) is 24.5 Å². The van der Waals surface area contributed by atoms with Crippen LogP contribution in [-0.2, 0) is 0 Å². The average molecular weight is 282 g/mol. The fourth-order valence-corrected chi connectivity index (χ4v) is 3.04. The predicted octanol–water partition coefficient (Wildman–Crippen LogP) is 2.00. The van der Waals surface area contributed by atoms with Crippen LogP contribution in [0.15, 0.2) is 18.2 Å². The number of halogens is 1. The van der Waals surface area contributed by atoms with Crippen molar-refractivity contribution < 1.29 is 4.79 Å². The van der Waals surface area contributed by atoms with Gasteiger partial charge < -0.3 is 16.4 Å². The van der Waals surface area contributed by atoms with Gasteiger partial charge in [0.05, 0.1) is 16.3 Å². The van der Waals surface area contributed by atoms with Crippen LogP contribution in [0.5, 0.6) is 0 Å². The normalized spacial score (nSPS) is 19.5. The van der Waals surface area contributed by atoms with Crippen molar-refractivity contribution in [1.82, 2.24) is 0 Å². The van der Waals surface area contributed by atoms with E-state index in [-0.39, 0.29) is 0 Å². The van der Waals surface area contributed by atoms with Crippen molar-refractivity contribution in [1.29, 1.82) is 0 Å². The molecule has 1 saturated heterocycles. The van der Waals surface area contributed by atoms with Gasteiger partial charge in [0.2, 0.25) is 0 Å². The molecule has 1 fully saturated rings. The first-order chi connectivity index (χ1) is 9.13. The molecule has 1 aliphatic rings. The molecule has 4 nitrogen and oxygen atoms in total. The molecule has 1 amide bonds. The van der Waals surface area contributed by atoms with Gasteiger partial charge in [-0.3, -0.25) is 4.79 Å². The maximum Gasteiger partial charge on any atom is 0.252 e. The van der Waals surface area contributed by atoms with E-state index in [1.165, 1.54) is 6.42 Å². The topological polar surface area (TPSA) is 72.3 Å². The van der Waals surface area contributed by atoms with Crippen molar-refractivity contribution >= 4 is 23.2 Å². The lowest BCUT2D eigenvalue weighted by Crippen LogP contribution is -2.37. The number of hydrogen-bond acceptors (Lipinski definition) is 3. The third-order valence-electron chi connectivity index (χ3n) is 3.67. The Morgan fingerprint density at radius 2 is 2.26 bits per heavy atom. The lowest BCUT2D eigenvalue weighted by molar-refractivity contribution is 0.100. The number of primary amides is 1. The highest BCUT2D eigenvalue weighted by atomic mass is 35.5. The fourth-order valence-electron chi connectivity index (χ4n) is 2.78. The predicted molar refractivity (Wildman–Crippen MR) is 78.6 cm³/mol. The molecule has 0 aromatic heterocycles. The molecular weight excluding hydrogens is 262 g/mol. The lowest BCUT2D eigenvalue weighted by atomic mass is 9.94. The van der Waals surface area contributed by atoms with Crippen LogP contribution < -0.4 is 16.4 Å². The first kappa shape index (κ1) is 14.2. The second-order valence-corrected chi connectivity index (χ2v) is 5.44. The summed E-state index contributed by atoms with van der Waals surface area (Å²) in [5.74, 6) is 0.111. The van der Waals surface area contributed by atoms with Gasteiger partial charge in [-0.1, -0.05) is 17.7 Å². The SMILES string of the molecule is NCCC1CCCN(c2cccc(Cl)c2C(N)=O)C1. The van der Waals surface area contributed by atoms with Gasteiger partial charge in [0.1, 0.15) is 0 Å². The molecule has 1 atom stereocenters. The molecule has 0 saturated carbocycles. The number of carbonyl (C=O) groups is 1. The summed E-state index contributed by atoms with van der Waals surface area (Å²) in [7, 11) is 0. The largest absolute Gasteiger partial charge is 0.371 e. The second kappa shape index (κ2) is 6.26. The average Bonchev–Trinajstić information content (AvgIpc) is 2.38. The van der Waals surface area contributed by atoms with E-state index in [0.29, 0.717) is 23.0 Å². The number of rotatable bonds is 4. The highest BCUT2D eigenvalue weighted by Crippen LogP contribution is 2.31. The van der Waals surface area contributed by atoms with E-state index in [1.807, 2.05) is 12.1 Å². The molecule has 0 radical (unpaired) electrons. The van der Waals surface area contributed by atoms with Gasteiger partial charge in [-0.25, -0.2) is 0 Å². The molecule has 1 aliphatic heterocycles. The van der Waals surface area contributed by atoms with E-state index in [4.69, 9.17) is 23.1 Å². The van der Waals surface area contributed by atoms with Crippen molar-refractivity contribution in [3.8, 4) is 0 Å². The summed E-state index contributed by atoms with van der Waals surface area (Å²) in [5.41, 5.74) is 12.4. The molecule has 4 N–H and O–H groups in total. The zero-order valence-corrected chi connectivity index (χ0v) is 11.7. The molecule has 0 spiro atoms. The maximum absolute atomic E-state index is 11.6. The molecule has 0 bridgehead atoms. The number of benzene rings is 1. The third-order valence-corrected chi connectivity index (χ3v) is 3.99. The summed E-state index contributed by atoms with van der Waals surface area (Å²) >= 11 is 6.09. The van der Waals surface area contributed by atoms with Crippen LogP contribution in [-0.4, -0.2) is 25.5 Å². The Bertz CT molecular complexity index is 462. The number of nitrogens with zero attached hydrogens (tertiary/aromatic N) is 1. The first-order valence-electron chi connectivity index (χ1n) is 6.66. The summed E-state index contributed by atoms with van der Waals surface area (Å²) in [6.07, 6.45) is 3.32. The zero-order chi connectivity index (χ0) is 13.8. The summed E-state index contributed by atoms with van der Waals surface area (Å²) < 4.78 is 0. The Morgan fingerprint density at radius 3 is 2.95 bits per heavy atom. The molecule has 19 heavy (non-hydrogen) atoms. The molecule has 2 rings (SSSR count). The summed E-state index contributed by atoms with van der Waals surface area (Å²) in [5, 5.41) is 0.422. The van der Waals surface area contributed by atoms with Gasteiger partial charge in [-0.15, -0.1) is 0 Å². The minimum Gasteiger partial charge on any atom is -0.371 e. The molecule has 104 valence electrons. The van der Waals surface area contributed by atoms with Crippen molar-refractivity contribution in [2.24, 2.45) is 17.4 Å². The summed E-state index contributed by atoms with van der Waals surface area (Å²) in [6, 6.07) is 5.47. The smallest absolute Gasteiger partial charge is 0.252 e. The Morgan fingerprint density at radius 1 is 1.47 bits per heavy atom. The Balaban J connectivity index is 2.26. The molecule has 1 unspecified atom stereocenters. The Labute approximate surface area is 118 Å². The quantitative estimate of drug-likeness (QED) is 0.887. The molecule has 1 aromatic rings. The third kappa shape index (κ3) is 3.19. The molecule has 1 aromatic carbocycles. The first-order valence-corrected chi connectivity index (χ1v) is 7.04. The van der Waals surface area contributed by atoms with Gasteiger partial charge >= 0.3 is 0 Å². The summed E-state index contributed by atoms with van der Waals surface area (Å²) in [4.78, 5) is 13.8. The number of hydrogen-bond donors (Lipinski definition) is 2. The van der Waals surface area contributed by atoms with E-state index in [2.05, 4.69) is 4.90 Å². The number of carbonyl (C=O) groups excluding carboxylic acids is 1. The monoisotopic (exact) mass is 281 g/mol. The van der Waals surface area contributed by atoms with E-state index in [1.54, 1.807) is 6.07 Å². The Hall–Kier alpha value is -1.26. The maximum atomic E-state index is 11.6.